The summed E-state index contributed by atoms with van der Waals surface area (Å²) in [5, 5.41) is 13.2. The molecule has 0 aliphatic rings. The molecule has 1 aromatic carbocycles. The number of rotatable bonds is 9. The van der Waals surface area contributed by atoms with Gasteiger partial charge in [-0.2, -0.15) is 0 Å². The molecule has 0 aromatic heterocycles. The van der Waals surface area contributed by atoms with Crippen LogP contribution in [0.25, 0.3) is 0 Å². The van der Waals surface area contributed by atoms with Gasteiger partial charge in [0.05, 0.1) is 17.1 Å². The number of benzene rings is 1. The van der Waals surface area contributed by atoms with Crippen molar-refractivity contribution in [3.63, 3.8) is 0 Å². The van der Waals surface area contributed by atoms with Crippen LogP contribution >= 0.6 is 0 Å². The molecule has 0 bridgehead atoms. The van der Waals surface area contributed by atoms with Gasteiger partial charge < -0.3 is 20.5 Å². The first-order valence-corrected chi connectivity index (χ1v) is 7.48. The summed E-state index contributed by atoms with van der Waals surface area (Å²) in [7, 11) is 0. The normalized spacial score (nSPS) is 9.96. The zero-order valence-electron chi connectivity index (χ0n) is 13.6. The lowest BCUT2D eigenvalue weighted by molar-refractivity contribution is -0.383. The van der Waals surface area contributed by atoms with E-state index in [1.807, 2.05) is 0 Å². The van der Waals surface area contributed by atoms with Gasteiger partial charge in [0.1, 0.15) is 5.69 Å². The molecule has 0 aliphatic heterocycles. The number of nitro benzene ring substituents is 1. The zero-order valence-corrected chi connectivity index (χ0v) is 13.6. The Labute approximate surface area is 143 Å². The van der Waals surface area contributed by atoms with E-state index in [0.717, 1.165) is 6.07 Å². The summed E-state index contributed by atoms with van der Waals surface area (Å²) in [6.45, 7) is 1.67. The number of esters is 2. The van der Waals surface area contributed by atoms with Crippen LogP contribution in [0.5, 0.6) is 0 Å². The number of ether oxygens (including phenoxy) is 2. The number of nitrogens with one attached hydrogen (secondary N) is 1. The van der Waals surface area contributed by atoms with Crippen LogP contribution in [0.4, 0.5) is 11.4 Å². The van der Waals surface area contributed by atoms with Crippen LogP contribution in [0.3, 0.4) is 0 Å². The van der Waals surface area contributed by atoms with Crippen LogP contribution in [0, 0.1) is 10.1 Å². The second kappa shape index (κ2) is 9.85. The summed E-state index contributed by atoms with van der Waals surface area (Å²) in [6, 6.07) is 3.46. The molecule has 0 spiro atoms. The summed E-state index contributed by atoms with van der Waals surface area (Å²) in [4.78, 5) is 44.5. The Morgan fingerprint density at radius 2 is 2.00 bits per heavy atom. The van der Waals surface area contributed by atoms with Crippen molar-refractivity contribution in [2.75, 3.05) is 25.5 Å². The number of anilines is 1. The quantitative estimate of drug-likeness (QED) is 0.217. The number of nitro groups is 1. The first-order valence-electron chi connectivity index (χ1n) is 7.48. The van der Waals surface area contributed by atoms with Crippen LogP contribution in [-0.4, -0.2) is 42.5 Å². The summed E-state index contributed by atoms with van der Waals surface area (Å²) in [5.74, 6) is -1.79. The number of hydrogen-bond donors (Lipinski definition) is 2. The van der Waals surface area contributed by atoms with E-state index in [-0.39, 0.29) is 30.2 Å². The predicted octanol–water partition coefficient (Wildman–Crippen LogP) is 0.793. The number of hydrogen-bond acceptors (Lipinski definition) is 8. The summed E-state index contributed by atoms with van der Waals surface area (Å²) < 4.78 is 9.51. The van der Waals surface area contributed by atoms with Crippen molar-refractivity contribution >= 4 is 29.2 Å². The Hall–Kier alpha value is -3.17. The van der Waals surface area contributed by atoms with Crippen molar-refractivity contribution in [2.24, 2.45) is 0 Å². The molecule has 0 saturated carbocycles. The maximum atomic E-state index is 11.8. The molecule has 0 saturated heterocycles. The molecule has 0 radical (unpaired) electrons. The van der Waals surface area contributed by atoms with Crippen LogP contribution in [0.2, 0.25) is 0 Å². The second-order valence-electron chi connectivity index (χ2n) is 4.87. The molecule has 3 N–H and O–H groups in total. The Balaban J connectivity index is 2.38. The molecule has 0 aliphatic carbocycles. The highest BCUT2D eigenvalue weighted by atomic mass is 16.6. The van der Waals surface area contributed by atoms with E-state index >= 15 is 0 Å². The molecular weight excluding hydrogens is 334 g/mol. The molecule has 0 fully saturated rings. The molecule has 0 heterocycles. The molecular formula is C15H19N3O7. The number of carbonyl (C=O) groups excluding carboxylic acids is 3. The van der Waals surface area contributed by atoms with E-state index in [2.05, 4.69) is 5.32 Å². The molecule has 25 heavy (non-hydrogen) atoms. The van der Waals surface area contributed by atoms with Crippen LogP contribution in [0.1, 0.15) is 30.1 Å². The van der Waals surface area contributed by atoms with Gasteiger partial charge in [-0.05, 0) is 25.5 Å². The molecule has 136 valence electrons. The molecule has 0 unspecified atom stereocenters. The van der Waals surface area contributed by atoms with Crippen LogP contribution < -0.4 is 11.1 Å². The highest BCUT2D eigenvalue weighted by molar-refractivity contribution is 5.92. The molecule has 1 rings (SSSR count). The van der Waals surface area contributed by atoms with Gasteiger partial charge in [0.25, 0.3) is 11.6 Å². The molecule has 1 amide bonds. The van der Waals surface area contributed by atoms with Gasteiger partial charge in [-0.25, -0.2) is 4.79 Å². The van der Waals surface area contributed by atoms with E-state index in [0.29, 0.717) is 13.0 Å². The molecule has 10 nitrogen and oxygen atoms in total. The van der Waals surface area contributed by atoms with Gasteiger partial charge in [0.2, 0.25) is 0 Å². The fourth-order valence-electron chi connectivity index (χ4n) is 1.79. The summed E-state index contributed by atoms with van der Waals surface area (Å²) in [5.41, 5.74) is 4.84. The standard InChI is InChI=1S/C15H19N3O7/c1-2-24-14(20)4-3-7-17-13(19)9-25-15(21)10-5-6-11(16)12(8-10)18(22)23/h5-6,8H,2-4,7,9,16H2,1H3,(H,17,19). The van der Waals surface area contributed by atoms with E-state index in [1.54, 1.807) is 6.92 Å². The first-order chi connectivity index (χ1) is 11.8. The van der Waals surface area contributed by atoms with Crippen molar-refractivity contribution in [2.45, 2.75) is 19.8 Å². The number of nitrogens with two attached hydrogens (primary N) is 1. The van der Waals surface area contributed by atoms with E-state index in [4.69, 9.17) is 15.2 Å². The van der Waals surface area contributed by atoms with Gasteiger partial charge in [-0.3, -0.25) is 19.7 Å². The number of carbonyl (C=O) groups is 3. The Morgan fingerprint density at radius 3 is 2.64 bits per heavy atom. The highest BCUT2D eigenvalue weighted by Crippen LogP contribution is 2.22. The number of nitrogen functional groups attached to an aromatic ring is 1. The van der Waals surface area contributed by atoms with Gasteiger partial charge >= 0.3 is 11.9 Å². The monoisotopic (exact) mass is 353 g/mol. The average molecular weight is 353 g/mol. The lowest BCUT2D eigenvalue weighted by Gasteiger charge is -2.07. The lowest BCUT2D eigenvalue weighted by atomic mass is 10.2. The topological polar surface area (TPSA) is 151 Å². The number of amides is 1. The Kier molecular flexibility index (Phi) is 7.83. The fraction of sp³-hybridized carbons (Fsp3) is 0.400. The second-order valence-corrected chi connectivity index (χ2v) is 4.87. The molecule has 1 aromatic rings. The van der Waals surface area contributed by atoms with E-state index in [1.165, 1.54) is 12.1 Å². The minimum absolute atomic E-state index is 0.0825. The van der Waals surface area contributed by atoms with E-state index < -0.39 is 29.1 Å². The zero-order chi connectivity index (χ0) is 18.8. The Morgan fingerprint density at radius 1 is 1.28 bits per heavy atom. The maximum absolute atomic E-state index is 11.8. The smallest absolute Gasteiger partial charge is 0.338 e. The average Bonchev–Trinajstić information content (AvgIpc) is 2.57. The largest absolute Gasteiger partial charge is 0.466 e. The third-order valence-electron chi connectivity index (χ3n) is 2.98. The van der Waals surface area contributed by atoms with E-state index in [9.17, 15) is 24.5 Å². The van der Waals surface area contributed by atoms with Crippen molar-refractivity contribution in [1.82, 2.24) is 5.32 Å². The van der Waals surface area contributed by atoms with Gasteiger partial charge in [-0.1, -0.05) is 0 Å². The predicted molar refractivity (Wildman–Crippen MR) is 86.7 cm³/mol. The minimum atomic E-state index is -0.884. The van der Waals surface area contributed by atoms with Gasteiger partial charge in [0.15, 0.2) is 6.61 Å². The van der Waals surface area contributed by atoms with Crippen molar-refractivity contribution in [1.29, 1.82) is 0 Å². The van der Waals surface area contributed by atoms with Gasteiger partial charge in [0, 0.05) is 19.0 Å². The molecule has 0 atom stereocenters. The summed E-state index contributed by atoms with van der Waals surface area (Å²) >= 11 is 0. The Bertz CT molecular complexity index is 661. The first kappa shape index (κ1) is 19.9. The van der Waals surface area contributed by atoms with Gasteiger partial charge in [-0.15, -0.1) is 0 Å². The minimum Gasteiger partial charge on any atom is -0.466 e. The van der Waals surface area contributed by atoms with Crippen LogP contribution in [-0.2, 0) is 19.1 Å². The highest BCUT2D eigenvalue weighted by Gasteiger charge is 2.17. The number of nitrogens with zero attached hydrogens (tertiary/aromatic N) is 1. The van der Waals surface area contributed by atoms with Crippen molar-refractivity contribution in [3.05, 3.63) is 33.9 Å². The third kappa shape index (κ3) is 6.85. The summed E-state index contributed by atoms with van der Waals surface area (Å²) in [6.07, 6.45) is 0.561. The fourth-order valence-corrected chi connectivity index (χ4v) is 1.79. The lowest BCUT2D eigenvalue weighted by Crippen LogP contribution is -2.30. The third-order valence-corrected chi connectivity index (χ3v) is 2.98. The van der Waals surface area contributed by atoms with Crippen molar-refractivity contribution < 1.29 is 28.8 Å². The maximum Gasteiger partial charge on any atom is 0.338 e. The van der Waals surface area contributed by atoms with Crippen LogP contribution in [0.15, 0.2) is 18.2 Å². The SMILES string of the molecule is CCOC(=O)CCCNC(=O)COC(=O)c1ccc(N)c([N+](=O)[O-])c1. The van der Waals surface area contributed by atoms with Crippen molar-refractivity contribution in [3.8, 4) is 0 Å². The molecule has 10 heteroatoms.